The first kappa shape index (κ1) is 14.3. The van der Waals surface area contributed by atoms with Crippen LogP contribution in [0.15, 0.2) is 53.0 Å². The lowest BCUT2D eigenvalue weighted by molar-refractivity contribution is -0.111. The normalized spacial score (nSPS) is 10.7. The molecule has 0 saturated carbocycles. The fourth-order valence-electron chi connectivity index (χ4n) is 1.63. The number of benzene rings is 2. The number of nitrogens with two attached hydrogens (primary N) is 1. The van der Waals surface area contributed by atoms with Gasteiger partial charge < -0.3 is 11.1 Å². The summed E-state index contributed by atoms with van der Waals surface area (Å²) in [6.07, 6.45) is 3.25. The quantitative estimate of drug-likeness (QED) is 0.660. The van der Waals surface area contributed by atoms with Crippen LogP contribution in [-0.2, 0) is 4.79 Å². The monoisotopic (exact) mass is 330 g/mol. The SMILES string of the molecule is Cc1ccc(NC(=O)/C=C/c2ccc(N)cc2)cc1Br. The first-order chi connectivity index (χ1) is 9.54. The lowest BCUT2D eigenvalue weighted by Gasteiger charge is -2.04. The molecule has 3 N–H and O–H groups in total. The van der Waals surface area contributed by atoms with Crippen LogP contribution in [0.25, 0.3) is 6.08 Å². The summed E-state index contributed by atoms with van der Waals surface area (Å²) < 4.78 is 0.970. The summed E-state index contributed by atoms with van der Waals surface area (Å²) in [5.41, 5.74) is 9.12. The number of rotatable bonds is 3. The fourth-order valence-corrected chi connectivity index (χ4v) is 2.01. The maximum atomic E-state index is 11.8. The van der Waals surface area contributed by atoms with Crippen LogP contribution < -0.4 is 11.1 Å². The molecule has 2 rings (SSSR count). The standard InChI is InChI=1S/C16H15BrN2O/c1-11-2-8-14(10-15(11)17)19-16(20)9-5-12-3-6-13(18)7-4-12/h2-10H,18H2,1H3,(H,19,20)/b9-5+. The van der Waals surface area contributed by atoms with Crippen molar-refractivity contribution < 1.29 is 4.79 Å². The first-order valence-electron chi connectivity index (χ1n) is 6.15. The number of nitrogens with one attached hydrogen (secondary N) is 1. The zero-order valence-electron chi connectivity index (χ0n) is 11.1. The molecule has 0 aliphatic carbocycles. The Balaban J connectivity index is 2.01. The maximum Gasteiger partial charge on any atom is 0.248 e. The molecule has 0 aliphatic heterocycles. The number of carbonyl (C=O) groups is 1. The van der Waals surface area contributed by atoms with Gasteiger partial charge in [0.05, 0.1) is 0 Å². The van der Waals surface area contributed by atoms with Crippen LogP contribution in [0.2, 0.25) is 0 Å². The summed E-state index contributed by atoms with van der Waals surface area (Å²) in [4.78, 5) is 11.8. The van der Waals surface area contributed by atoms with Crippen molar-refractivity contribution in [2.24, 2.45) is 0 Å². The zero-order chi connectivity index (χ0) is 14.5. The summed E-state index contributed by atoms with van der Waals surface area (Å²) >= 11 is 3.44. The third-order valence-electron chi connectivity index (χ3n) is 2.80. The minimum absolute atomic E-state index is 0.169. The van der Waals surface area contributed by atoms with E-state index in [4.69, 9.17) is 5.73 Å². The number of halogens is 1. The van der Waals surface area contributed by atoms with Gasteiger partial charge in [-0.2, -0.15) is 0 Å². The van der Waals surface area contributed by atoms with Gasteiger partial charge in [0.15, 0.2) is 0 Å². The van der Waals surface area contributed by atoms with Gasteiger partial charge in [-0.1, -0.05) is 34.1 Å². The average molecular weight is 331 g/mol. The van der Waals surface area contributed by atoms with Gasteiger partial charge in [-0.05, 0) is 48.4 Å². The number of carbonyl (C=O) groups excluding carboxylic acids is 1. The summed E-state index contributed by atoms with van der Waals surface area (Å²) in [5.74, 6) is -0.169. The second kappa shape index (κ2) is 6.39. The topological polar surface area (TPSA) is 55.1 Å². The molecule has 0 atom stereocenters. The molecular weight excluding hydrogens is 316 g/mol. The third-order valence-corrected chi connectivity index (χ3v) is 3.66. The van der Waals surface area contributed by atoms with Crippen LogP contribution in [0.1, 0.15) is 11.1 Å². The fraction of sp³-hybridized carbons (Fsp3) is 0.0625. The molecule has 0 radical (unpaired) electrons. The molecule has 0 heterocycles. The van der Waals surface area contributed by atoms with E-state index < -0.39 is 0 Å². The minimum Gasteiger partial charge on any atom is -0.399 e. The summed E-state index contributed by atoms with van der Waals surface area (Å²) in [6.45, 7) is 2.00. The van der Waals surface area contributed by atoms with Gasteiger partial charge in [-0.3, -0.25) is 4.79 Å². The van der Waals surface area contributed by atoms with Crippen molar-refractivity contribution in [3.63, 3.8) is 0 Å². The van der Waals surface area contributed by atoms with Crippen molar-refractivity contribution in [2.45, 2.75) is 6.92 Å². The van der Waals surface area contributed by atoms with Gasteiger partial charge in [0.2, 0.25) is 5.91 Å². The Morgan fingerprint density at radius 1 is 1.20 bits per heavy atom. The molecule has 0 saturated heterocycles. The third kappa shape index (κ3) is 3.96. The molecule has 0 bridgehead atoms. The Bertz CT molecular complexity index is 648. The number of hydrogen-bond acceptors (Lipinski definition) is 2. The molecule has 0 aromatic heterocycles. The summed E-state index contributed by atoms with van der Waals surface area (Å²) in [6, 6.07) is 13.0. The number of hydrogen-bond donors (Lipinski definition) is 2. The number of anilines is 2. The van der Waals surface area contributed by atoms with Crippen LogP contribution in [0, 0.1) is 6.92 Å². The summed E-state index contributed by atoms with van der Waals surface area (Å²) in [7, 11) is 0. The van der Waals surface area contributed by atoms with E-state index >= 15 is 0 Å². The first-order valence-corrected chi connectivity index (χ1v) is 6.94. The zero-order valence-corrected chi connectivity index (χ0v) is 12.6. The molecule has 0 spiro atoms. The Morgan fingerprint density at radius 3 is 2.55 bits per heavy atom. The van der Waals surface area contributed by atoms with Gasteiger partial charge in [0.1, 0.15) is 0 Å². The predicted molar refractivity (Wildman–Crippen MR) is 87.4 cm³/mol. The largest absolute Gasteiger partial charge is 0.399 e. The predicted octanol–water partition coefficient (Wildman–Crippen LogP) is 3.99. The van der Waals surface area contributed by atoms with E-state index in [1.54, 1.807) is 18.2 Å². The van der Waals surface area contributed by atoms with Gasteiger partial charge in [0.25, 0.3) is 0 Å². The minimum atomic E-state index is -0.169. The summed E-state index contributed by atoms with van der Waals surface area (Å²) in [5, 5.41) is 2.81. The van der Waals surface area contributed by atoms with Gasteiger partial charge in [-0.15, -0.1) is 0 Å². The lowest BCUT2D eigenvalue weighted by atomic mass is 10.2. The maximum absolute atomic E-state index is 11.8. The molecule has 4 heteroatoms. The van der Waals surface area contributed by atoms with Crippen molar-refractivity contribution in [1.29, 1.82) is 0 Å². The number of nitrogen functional groups attached to an aromatic ring is 1. The van der Waals surface area contributed by atoms with Crippen molar-refractivity contribution in [1.82, 2.24) is 0 Å². The van der Waals surface area contributed by atoms with Crippen LogP contribution in [0.3, 0.4) is 0 Å². The molecule has 0 aliphatic rings. The van der Waals surface area contributed by atoms with Crippen LogP contribution in [0.5, 0.6) is 0 Å². The van der Waals surface area contributed by atoms with Crippen molar-refractivity contribution in [2.75, 3.05) is 11.1 Å². The highest BCUT2D eigenvalue weighted by atomic mass is 79.9. The highest BCUT2D eigenvalue weighted by Crippen LogP contribution is 2.20. The van der Waals surface area contributed by atoms with E-state index in [1.165, 1.54) is 6.08 Å². The number of amides is 1. The second-order valence-electron chi connectivity index (χ2n) is 4.45. The van der Waals surface area contributed by atoms with Crippen molar-refractivity contribution in [3.8, 4) is 0 Å². The van der Waals surface area contributed by atoms with E-state index in [0.717, 1.165) is 21.3 Å². The van der Waals surface area contributed by atoms with Crippen LogP contribution >= 0.6 is 15.9 Å². The number of aryl methyl sites for hydroxylation is 1. The van der Waals surface area contributed by atoms with Gasteiger partial charge in [0, 0.05) is 21.9 Å². The highest BCUT2D eigenvalue weighted by molar-refractivity contribution is 9.10. The molecule has 3 nitrogen and oxygen atoms in total. The van der Waals surface area contributed by atoms with E-state index in [2.05, 4.69) is 21.2 Å². The van der Waals surface area contributed by atoms with Crippen molar-refractivity contribution in [3.05, 3.63) is 64.1 Å². The van der Waals surface area contributed by atoms with Crippen LogP contribution in [0.4, 0.5) is 11.4 Å². The highest BCUT2D eigenvalue weighted by Gasteiger charge is 2.00. The molecule has 1 amide bonds. The molecule has 102 valence electrons. The smallest absolute Gasteiger partial charge is 0.248 e. The molecule has 20 heavy (non-hydrogen) atoms. The Labute approximate surface area is 126 Å². The molecule has 2 aromatic carbocycles. The molecular formula is C16H15BrN2O. The van der Waals surface area contributed by atoms with E-state index in [-0.39, 0.29) is 5.91 Å². The van der Waals surface area contributed by atoms with E-state index in [9.17, 15) is 4.79 Å². The average Bonchev–Trinajstić information content (AvgIpc) is 2.42. The molecule has 0 unspecified atom stereocenters. The van der Waals surface area contributed by atoms with E-state index in [1.807, 2.05) is 37.3 Å². The Morgan fingerprint density at radius 2 is 1.90 bits per heavy atom. The molecule has 2 aromatic rings. The van der Waals surface area contributed by atoms with Gasteiger partial charge >= 0.3 is 0 Å². The van der Waals surface area contributed by atoms with Gasteiger partial charge in [-0.25, -0.2) is 0 Å². The van der Waals surface area contributed by atoms with Crippen LogP contribution in [-0.4, -0.2) is 5.91 Å². The lowest BCUT2D eigenvalue weighted by Crippen LogP contribution is -2.07. The Hall–Kier alpha value is -2.07. The second-order valence-corrected chi connectivity index (χ2v) is 5.31. The molecule has 0 fully saturated rings. The van der Waals surface area contributed by atoms with Crippen molar-refractivity contribution >= 4 is 39.3 Å². The Kier molecular flexibility index (Phi) is 4.58. The van der Waals surface area contributed by atoms with E-state index in [0.29, 0.717) is 5.69 Å².